The molecule has 2 heterocycles. The van der Waals surface area contributed by atoms with Crippen LogP contribution in [-0.2, 0) is 9.47 Å². The van der Waals surface area contributed by atoms with Gasteiger partial charge >= 0.3 is 0 Å². The molecule has 28 heavy (non-hydrogen) atoms. The molecule has 0 spiro atoms. The highest BCUT2D eigenvalue weighted by Crippen LogP contribution is 2.34. The van der Waals surface area contributed by atoms with Crippen LogP contribution in [0.25, 0.3) is 0 Å². The van der Waals surface area contributed by atoms with E-state index in [0.29, 0.717) is 23.7 Å². The average Bonchev–Trinajstić information content (AvgIpc) is 2.74. The molecular weight excluding hydrogens is 429 g/mol. The minimum atomic E-state index is 0.530. The van der Waals surface area contributed by atoms with Crippen molar-refractivity contribution in [1.29, 1.82) is 0 Å². The van der Waals surface area contributed by atoms with E-state index in [2.05, 4.69) is 23.8 Å². The van der Waals surface area contributed by atoms with Gasteiger partial charge in [-0.3, -0.25) is 0 Å². The zero-order chi connectivity index (χ0) is 19.9. The molecule has 0 amide bonds. The molecule has 2 unspecified atom stereocenters. The van der Waals surface area contributed by atoms with Gasteiger partial charge < -0.3 is 9.47 Å². The maximum atomic E-state index is 5.69. The van der Waals surface area contributed by atoms with Crippen molar-refractivity contribution in [3.63, 3.8) is 0 Å². The molecule has 8 heteroatoms. The third kappa shape index (κ3) is 11.6. The van der Waals surface area contributed by atoms with Gasteiger partial charge in [0, 0.05) is 36.1 Å². The van der Waals surface area contributed by atoms with Crippen LogP contribution in [0.3, 0.4) is 0 Å². The summed E-state index contributed by atoms with van der Waals surface area (Å²) in [6.45, 7) is 7.31. The second-order valence-corrected chi connectivity index (χ2v) is 11.4. The number of nitrogens with zero attached hydrogens (tertiary/aromatic N) is 2. The van der Waals surface area contributed by atoms with Crippen LogP contribution < -0.4 is 0 Å². The van der Waals surface area contributed by atoms with Gasteiger partial charge in [0.15, 0.2) is 0 Å². The van der Waals surface area contributed by atoms with Crippen LogP contribution in [0.4, 0.5) is 0 Å². The molecule has 0 N–H and O–H groups in total. The van der Waals surface area contributed by atoms with E-state index in [9.17, 15) is 0 Å². The molecule has 2 atom stereocenters. The first kappa shape index (κ1) is 23.9. The number of rotatable bonds is 15. The van der Waals surface area contributed by atoms with Gasteiger partial charge in [-0.15, -0.1) is 0 Å². The molecule has 4 nitrogen and oxygen atoms in total. The maximum Gasteiger partial charge on any atom is 0.106 e. The van der Waals surface area contributed by atoms with Gasteiger partial charge in [0.1, 0.15) is 10.1 Å². The summed E-state index contributed by atoms with van der Waals surface area (Å²) in [5, 5.41) is 3.17. The Kier molecular flexibility index (Phi) is 13.2. The lowest BCUT2D eigenvalue weighted by Gasteiger charge is -2.12. The topological polar surface area (TPSA) is 44.2 Å². The Labute approximate surface area is 184 Å². The Morgan fingerprint density at radius 2 is 1.18 bits per heavy atom. The van der Waals surface area contributed by atoms with Crippen molar-refractivity contribution in [2.75, 3.05) is 26.4 Å². The van der Waals surface area contributed by atoms with E-state index in [1.54, 1.807) is 21.6 Å². The largest absolute Gasteiger partial charge is 0.379 e. The standard InChI is InChI=1S/C20H28N2O2S4/c1-17(25-27-19-7-3-5-11-21-19)9-13-23-15-16-24-14-10-18(2)26-28-20-8-4-6-12-22-20/h3-8,11-12,17-18H,9-10,13-16H2,1-2H3. The van der Waals surface area contributed by atoms with Crippen molar-refractivity contribution >= 4 is 43.2 Å². The summed E-state index contributed by atoms with van der Waals surface area (Å²) in [6, 6.07) is 12.0. The molecule has 0 radical (unpaired) electrons. The SMILES string of the molecule is CC(CCOCCOCCC(C)SSc1ccccn1)SSc1ccccn1. The quantitative estimate of drug-likeness (QED) is 0.230. The normalized spacial score (nSPS) is 13.4. The molecule has 0 aromatic carbocycles. The van der Waals surface area contributed by atoms with Crippen LogP contribution in [0.15, 0.2) is 58.8 Å². The van der Waals surface area contributed by atoms with Gasteiger partial charge in [0.05, 0.1) is 13.2 Å². The fourth-order valence-corrected chi connectivity index (χ4v) is 6.11. The maximum absolute atomic E-state index is 5.69. The second-order valence-electron chi connectivity index (χ2n) is 6.12. The third-order valence-electron chi connectivity index (χ3n) is 3.58. The predicted molar refractivity (Wildman–Crippen MR) is 125 cm³/mol. The molecule has 2 aromatic heterocycles. The first-order valence-corrected chi connectivity index (χ1v) is 13.8. The van der Waals surface area contributed by atoms with Crippen LogP contribution in [-0.4, -0.2) is 46.9 Å². The molecule has 0 aliphatic carbocycles. The molecule has 2 aromatic rings. The van der Waals surface area contributed by atoms with Gasteiger partial charge in [0.25, 0.3) is 0 Å². The number of ether oxygens (including phenoxy) is 2. The molecule has 0 aliphatic heterocycles. The van der Waals surface area contributed by atoms with Crippen LogP contribution >= 0.6 is 43.2 Å². The third-order valence-corrected chi connectivity index (χ3v) is 9.30. The molecule has 154 valence electrons. The van der Waals surface area contributed by atoms with Crippen molar-refractivity contribution in [3.05, 3.63) is 48.8 Å². The summed E-state index contributed by atoms with van der Waals surface area (Å²) >= 11 is 0. The molecule has 2 rings (SSSR count). The lowest BCUT2D eigenvalue weighted by Crippen LogP contribution is -2.10. The van der Waals surface area contributed by atoms with E-state index in [0.717, 1.165) is 36.1 Å². The zero-order valence-corrected chi connectivity index (χ0v) is 19.6. The summed E-state index contributed by atoms with van der Waals surface area (Å²) in [5.74, 6) is 0. The van der Waals surface area contributed by atoms with E-state index in [4.69, 9.17) is 9.47 Å². The van der Waals surface area contributed by atoms with Gasteiger partial charge in [0.2, 0.25) is 0 Å². The summed E-state index contributed by atoms with van der Waals surface area (Å²) in [6.07, 6.45) is 5.72. The van der Waals surface area contributed by atoms with Crippen LogP contribution in [0.5, 0.6) is 0 Å². The monoisotopic (exact) mass is 456 g/mol. The van der Waals surface area contributed by atoms with E-state index in [1.807, 2.05) is 70.4 Å². The van der Waals surface area contributed by atoms with Crippen molar-refractivity contribution in [2.45, 2.75) is 47.2 Å². The predicted octanol–water partition coefficient (Wildman–Crippen LogP) is 6.25. The minimum Gasteiger partial charge on any atom is -0.379 e. The highest BCUT2D eigenvalue weighted by atomic mass is 33.1. The Bertz CT molecular complexity index is 567. The van der Waals surface area contributed by atoms with Crippen molar-refractivity contribution in [3.8, 4) is 0 Å². The number of hydrogen-bond donors (Lipinski definition) is 0. The summed E-state index contributed by atoms with van der Waals surface area (Å²) in [7, 11) is 7.14. The van der Waals surface area contributed by atoms with Crippen molar-refractivity contribution in [1.82, 2.24) is 9.97 Å². The summed E-state index contributed by atoms with van der Waals surface area (Å²) in [5.41, 5.74) is 0. The lowest BCUT2D eigenvalue weighted by atomic mass is 10.3. The first-order valence-electron chi connectivity index (χ1n) is 9.38. The average molecular weight is 457 g/mol. The highest BCUT2D eigenvalue weighted by Gasteiger charge is 2.06. The van der Waals surface area contributed by atoms with Gasteiger partial charge in [-0.2, -0.15) is 0 Å². The minimum absolute atomic E-state index is 0.530. The van der Waals surface area contributed by atoms with Crippen molar-refractivity contribution < 1.29 is 9.47 Å². The highest BCUT2D eigenvalue weighted by molar-refractivity contribution is 8.77. The Morgan fingerprint density at radius 3 is 1.57 bits per heavy atom. The fraction of sp³-hybridized carbons (Fsp3) is 0.500. The molecule has 0 fully saturated rings. The number of aromatic nitrogens is 2. The van der Waals surface area contributed by atoms with Crippen LogP contribution in [0, 0.1) is 0 Å². The second kappa shape index (κ2) is 15.5. The van der Waals surface area contributed by atoms with Crippen molar-refractivity contribution in [2.24, 2.45) is 0 Å². The van der Waals surface area contributed by atoms with Gasteiger partial charge in [-0.05, 0) is 58.7 Å². The molecule has 0 saturated heterocycles. The van der Waals surface area contributed by atoms with Crippen LogP contribution in [0.1, 0.15) is 26.7 Å². The van der Waals surface area contributed by atoms with E-state index >= 15 is 0 Å². The smallest absolute Gasteiger partial charge is 0.106 e. The zero-order valence-electron chi connectivity index (χ0n) is 16.4. The number of hydrogen-bond acceptors (Lipinski definition) is 8. The first-order chi connectivity index (χ1) is 13.7. The fourth-order valence-electron chi connectivity index (χ4n) is 1.97. The van der Waals surface area contributed by atoms with E-state index in [-0.39, 0.29) is 0 Å². The molecule has 0 bridgehead atoms. The Hall–Kier alpha value is -0.380. The molecule has 0 saturated carbocycles. The molecule has 0 aliphatic rings. The number of pyridine rings is 2. The lowest BCUT2D eigenvalue weighted by molar-refractivity contribution is 0.0464. The van der Waals surface area contributed by atoms with Gasteiger partial charge in [-0.25, -0.2) is 9.97 Å². The van der Waals surface area contributed by atoms with Crippen LogP contribution in [0.2, 0.25) is 0 Å². The Morgan fingerprint density at radius 1 is 0.714 bits per heavy atom. The van der Waals surface area contributed by atoms with E-state index in [1.165, 1.54) is 0 Å². The summed E-state index contributed by atoms with van der Waals surface area (Å²) in [4.78, 5) is 8.63. The van der Waals surface area contributed by atoms with E-state index < -0.39 is 0 Å². The summed E-state index contributed by atoms with van der Waals surface area (Å²) < 4.78 is 11.4. The molecular formula is C20H28N2O2S4. The Balaban J connectivity index is 1.38. The van der Waals surface area contributed by atoms with Gasteiger partial charge in [-0.1, -0.05) is 47.6 Å².